The van der Waals surface area contributed by atoms with Crippen molar-refractivity contribution in [3.8, 4) is 5.82 Å². The Labute approximate surface area is 163 Å². The monoisotopic (exact) mass is 404 g/mol. The largest absolute Gasteiger partial charge is 0.349 e. The van der Waals surface area contributed by atoms with Crippen LogP contribution in [0.5, 0.6) is 0 Å². The van der Waals surface area contributed by atoms with Crippen molar-refractivity contribution in [2.75, 3.05) is 6.26 Å². The molecule has 2 aliphatic carbocycles. The van der Waals surface area contributed by atoms with E-state index in [1.807, 2.05) is 6.08 Å². The highest BCUT2D eigenvalue weighted by molar-refractivity contribution is 7.88. The zero-order chi connectivity index (χ0) is 19.9. The summed E-state index contributed by atoms with van der Waals surface area (Å²) in [6.45, 7) is 0. The van der Waals surface area contributed by atoms with E-state index in [9.17, 15) is 13.2 Å². The number of sulfonamides is 1. The number of nitrogens with one attached hydrogen (secondary N) is 2. The fourth-order valence-electron chi connectivity index (χ4n) is 4.30. The van der Waals surface area contributed by atoms with Crippen LogP contribution in [-0.4, -0.2) is 46.2 Å². The zero-order valence-corrected chi connectivity index (χ0v) is 16.7. The van der Waals surface area contributed by atoms with Gasteiger partial charge in [-0.3, -0.25) is 14.2 Å². The van der Waals surface area contributed by atoms with Gasteiger partial charge in [0.05, 0.1) is 12.5 Å². The van der Waals surface area contributed by atoms with Gasteiger partial charge in [-0.2, -0.15) is 10.2 Å². The Morgan fingerprint density at radius 3 is 2.82 bits per heavy atom. The van der Waals surface area contributed by atoms with Crippen molar-refractivity contribution in [2.24, 2.45) is 18.9 Å². The van der Waals surface area contributed by atoms with Crippen LogP contribution in [0.2, 0.25) is 0 Å². The van der Waals surface area contributed by atoms with Gasteiger partial charge in [-0.1, -0.05) is 6.08 Å². The van der Waals surface area contributed by atoms with Gasteiger partial charge in [0.25, 0.3) is 5.91 Å². The summed E-state index contributed by atoms with van der Waals surface area (Å²) in [6, 6.07) is 1.75. The lowest BCUT2D eigenvalue weighted by atomic mass is 9.72. The van der Waals surface area contributed by atoms with Gasteiger partial charge in [0.15, 0.2) is 5.82 Å². The van der Waals surface area contributed by atoms with Crippen LogP contribution in [-0.2, 0) is 17.1 Å². The van der Waals surface area contributed by atoms with Crippen molar-refractivity contribution in [2.45, 2.75) is 31.7 Å². The summed E-state index contributed by atoms with van der Waals surface area (Å²) in [5.41, 5.74) is 1.20. The lowest BCUT2D eigenvalue weighted by Crippen LogP contribution is -2.45. The summed E-state index contributed by atoms with van der Waals surface area (Å²) in [5.74, 6) is 0.976. The molecule has 2 aromatic heterocycles. The van der Waals surface area contributed by atoms with Crippen molar-refractivity contribution in [1.29, 1.82) is 0 Å². The molecule has 0 spiro atoms. The van der Waals surface area contributed by atoms with E-state index in [0.29, 0.717) is 17.3 Å². The number of allylic oxidation sites excluding steroid dienone is 1. The molecule has 2 aromatic rings. The first-order valence-electron chi connectivity index (χ1n) is 9.31. The Hall–Kier alpha value is -2.62. The molecule has 0 aliphatic heterocycles. The standard InChI is InChI=1S/C18H24N6O3S/c1-23-18(24-7-3-6-19-24)15(11-20-23)17(25)21-16-5-4-12-8-13(16)10-14(9-12)22-28(2,26)27/h3,6-7,10-13,16,22H,4-5,8-9H2,1-2H3,(H,21,25). The fraction of sp³-hybridized carbons (Fsp3) is 0.500. The van der Waals surface area contributed by atoms with Gasteiger partial charge in [0.1, 0.15) is 5.56 Å². The first-order valence-corrected chi connectivity index (χ1v) is 11.2. The molecule has 0 aromatic carbocycles. The highest BCUT2D eigenvalue weighted by Gasteiger charge is 2.35. The molecule has 2 heterocycles. The smallest absolute Gasteiger partial charge is 0.256 e. The molecule has 2 bridgehead atoms. The van der Waals surface area contributed by atoms with Crippen molar-refractivity contribution in [1.82, 2.24) is 29.6 Å². The topological polar surface area (TPSA) is 111 Å². The van der Waals surface area contributed by atoms with E-state index in [1.54, 1.807) is 41.1 Å². The van der Waals surface area contributed by atoms with Crippen molar-refractivity contribution < 1.29 is 13.2 Å². The average molecular weight is 404 g/mol. The van der Waals surface area contributed by atoms with E-state index in [-0.39, 0.29) is 17.9 Å². The van der Waals surface area contributed by atoms with Gasteiger partial charge >= 0.3 is 0 Å². The molecule has 1 amide bonds. The Morgan fingerprint density at radius 2 is 2.11 bits per heavy atom. The molecule has 150 valence electrons. The lowest BCUT2D eigenvalue weighted by molar-refractivity contribution is 0.0900. The number of aromatic nitrogens is 4. The van der Waals surface area contributed by atoms with E-state index in [1.165, 1.54) is 0 Å². The SMILES string of the molecule is Cn1ncc(C(=O)NC2CCC3CC(NS(C)(=O)=O)=CC2C3)c1-n1cccn1. The molecule has 4 rings (SSSR count). The Morgan fingerprint density at radius 1 is 1.29 bits per heavy atom. The number of fused-ring (bicyclic) bond motifs is 2. The Kier molecular flexibility index (Phi) is 4.74. The first kappa shape index (κ1) is 18.7. The quantitative estimate of drug-likeness (QED) is 0.771. The van der Waals surface area contributed by atoms with Gasteiger partial charge in [-0.25, -0.2) is 13.1 Å². The van der Waals surface area contributed by atoms with Crippen LogP contribution in [0.25, 0.3) is 5.82 Å². The summed E-state index contributed by atoms with van der Waals surface area (Å²) >= 11 is 0. The number of nitrogens with zero attached hydrogens (tertiary/aromatic N) is 4. The molecule has 3 unspecified atom stereocenters. The number of hydrogen-bond donors (Lipinski definition) is 2. The maximum Gasteiger partial charge on any atom is 0.256 e. The molecule has 2 N–H and O–H groups in total. The summed E-state index contributed by atoms with van der Waals surface area (Å²) in [6.07, 6.45) is 11.6. The van der Waals surface area contributed by atoms with Crippen molar-refractivity contribution in [3.05, 3.63) is 42.0 Å². The maximum absolute atomic E-state index is 13.0. The Bertz CT molecular complexity index is 1010. The second-order valence-electron chi connectivity index (χ2n) is 7.65. The minimum Gasteiger partial charge on any atom is -0.349 e. The predicted octanol–water partition coefficient (Wildman–Crippen LogP) is 0.957. The predicted molar refractivity (Wildman–Crippen MR) is 103 cm³/mol. The van der Waals surface area contributed by atoms with Crippen LogP contribution in [0.3, 0.4) is 0 Å². The number of rotatable bonds is 5. The molecule has 1 fully saturated rings. The zero-order valence-electron chi connectivity index (χ0n) is 15.9. The number of hydrogen-bond acceptors (Lipinski definition) is 5. The van der Waals surface area contributed by atoms with E-state index >= 15 is 0 Å². The number of carbonyl (C=O) groups is 1. The van der Waals surface area contributed by atoms with Crippen LogP contribution >= 0.6 is 0 Å². The highest BCUT2D eigenvalue weighted by Crippen LogP contribution is 2.38. The van der Waals surface area contributed by atoms with Gasteiger partial charge in [-0.05, 0) is 43.6 Å². The minimum atomic E-state index is -3.29. The maximum atomic E-state index is 13.0. The van der Waals surface area contributed by atoms with Crippen LogP contribution in [0.1, 0.15) is 36.0 Å². The fourth-order valence-corrected chi connectivity index (χ4v) is 4.93. The van der Waals surface area contributed by atoms with Gasteiger partial charge in [0, 0.05) is 31.2 Å². The van der Waals surface area contributed by atoms with E-state index < -0.39 is 10.0 Å². The molecule has 2 aliphatic rings. The summed E-state index contributed by atoms with van der Waals surface area (Å²) in [7, 11) is -1.52. The minimum absolute atomic E-state index is 0.0360. The molecule has 0 radical (unpaired) electrons. The number of amides is 1. The summed E-state index contributed by atoms with van der Waals surface area (Å²) in [4.78, 5) is 13.0. The van der Waals surface area contributed by atoms with Gasteiger partial charge in [0.2, 0.25) is 10.0 Å². The normalized spacial score (nSPS) is 24.5. The number of carbonyl (C=O) groups excluding carboxylic acids is 1. The molecule has 10 heteroatoms. The molecular formula is C18H24N6O3S. The van der Waals surface area contributed by atoms with Crippen molar-refractivity contribution in [3.63, 3.8) is 0 Å². The van der Waals surface area contributed by atoms with Crippen molar-refractivity contribution >= 4 is 15.9 Å². The van der Waals surface area contributed by atoms with Crippen LogP contribution in [0.15, 0.2) is 36.4 Å². The van der Waals surface area contributed by atoms with E-state index in [0.717, 1.165) is 37.6 Å². The third-order valence-corrected chi connectivity index (χ3v) is 6.07. The lowest BCUT2D eigenvalue weighted by Gasteiger charge is -2.39. The first-order chi connectivity index (χ1) is 13.3. The highest BCUT2D eigenvalue weighted by atomic mass is 32.2. The molecule has 0 saturated heterocycles. The third-order valence-electron chi connectivity index (χ3n) is 5.44. The molecule has 9 nitrogen and oxygen atoms in total. The second-order valence-corrected chi connectivity index (χ2v) is 9.40. The molecular weight excluding hydrogens is 380 g/mol. The summed E-state index contributed by atoms with van der Waals surface area (Å²) < 4.78 is 29.0. The van der Waals surface area contributed by atoms with Gasteiger partial charge < -0.3 is 5.32 Å². The van der Waals surface area contributed by atoms with Crippen LogP contribution < -0.4 is 10.0 Å². The third kappa shape index (κ3) is 3.82. The van der Waals surface area contributed by atoms with E-state index in [4.69, 9.17) is 0 Å². The van der Waals surface area contributed by atoms with E-state index in [2.05, 4.69) is 20.2 Å². The summed E-state index contributed by atoms with van der Waals surface area (Å²) in [5, 5.41) is 11.5. The van der Waals surface area contributed by atoms with Crippen LogP contribution in [0, 0.1) is 11.8 Å². The number of aryl methyl sites for hydroxylation is 1. The second kappa shape index (κ2) is 7.08. The van der Waals surface area contributed by atoms with Crippen LogP contribution in [0.4, 0.5) is 0 Å². The molecule has 1 saturated carbocycles. The molecule has 3 atom stereocenters. The Balaban J connectivity index is 1.54. The van der Waals surface area contributed by atoms with Gasteiger partial charge in [-0.15, -0.1) is 0 Å². The molecule has 28 heavy (non-hydrogen) atoms. The average Bonchev–Trinajstić information content (AvgIpc) is 3.25.